The molecule has 0 radical (unpaired) electrons. The second-order valence-corrected chi connectivity index (χ2v) is 5.28. The average Bonchev–Trinajstić information content (AvgIpc) is 2.55. The van der Waals surface area contributed by atoms with Crippen molar-refractivity contribution < 1.29 is 4.74 Å². The quantitative estimate of drug-likeness (QED) is 0.793. The molecule has 1 aromatic heterocycles. The van der Waals surface area contributed by atoms with E-state index in [9.17, 15) is 0 Å². The zero-order chi connectivity index (χ0) is 14.9. The van der Waals surface area contributed by atoms with Gasteiger partial charge in [0.25, 0.3) is 0 Å². The number of anilines is 1. The maximum Gasteiger partial charge on any atom is 0.225 e. The van der Waals surface area contributed by atoms with Crippen molar-refractivity contribution in [3.8, 4) is 11.9 Å². The lowest BCUT2D eigenvalue weighted by atomic mass is 10.1. The van der Waals surface area contributed by atoms with E-state index in [-0.39, 0.29) is 0 Å². The topological polar surface area (TPSA) is 70.8 Å². The predicted molar refractivity (Wildman–Crippen MR) is 84.4 cm³/mol. The highest BCUT2D eigenvalue weighted by atomic mass is 32.2. The van der Waals surface area contributed by atoms with Gasteiger partial charge in [0.2, 0.25) is 11.8 Å². The minimum Gasteiger partial charge on any atom is -0.481 e. The predicted octanol–water partition coefficient (Wildman–Crippen LogP) is 2.70. The largest absolute Gasteiger partial charge is 0.481 e. The minimum atomic E-state index is 0.545. The van der Waals surface area contributed by atoms with Gasteiger partial charge < -0.3 is 10.1 Å². The first-order chi connectivity index (χ1) is 10.3. The number of hydrogen-bond acceptors (Lipinski definition) is 6. The normalized spacial score (nSPS) is 9.90. The third kappa shape index (κ3) is 4.65. The molecule has 0 saturated heterocycles. The van der Waals surface area contributed by atoms with Crippen molar-refractivity contribution >= 4 is 17.7 Å². The highest BCUT2D eigenvalue weighted by Crippen LogP contribution is 2.16. The van der Waals surface area contributed by atoms with Crippen LogP contribution in [0.2, 0.25) is 0 Å². The molecule has 2 rings (SSSR count). The number of aromatic nitrogens is 2. The molecule has 0 saturated carbocycles. The van der Waals surface area contributed by atoms with Gasteiger partial charge in [-0.25, -0.2) is 4.98 Å². The Labute approximate surface area is 128 Å². The van der Waals surface area contributed by atoms with E-state index in [2.05, 4.69) is 21.4 Å². The Morgan fingerprint density at radius 2 is 2.19 bits per heavy atom. The van der Waals surface area contributed by atoms with Crippen molar-refractivity contribution in [1.29, 1.82) is 5.26 Å². The van der Waals surface area contributed by atoms with Crippen LogP contribution in [-0.2, 0) is 5.75 Å². The molecular formula is C15H16N4OS. The Bertz CT molecular complexity index is 627. The van der Waals surface area contributed by atoms with Crippen LogP contribution in [-0.4, -0.2) is 29.4 Å². The molecule has 0 aliphatic rings. The summed E-state index contributed by atoms with van der Waals surface area (Å²) in [7, 11) is 1.58. The highest BCUT2D eigenvalue weighted by Gasteiger charge is 2.01. The fourth-order valence-electron chi connectivity index (χ4n) is 1.71. The summed E-state index contributed by atoms with van der Waals surface area (Å²) < 4.78 is 5.04. The summed E-state index contributed by atoms with van der Waals surface area (Å²) in [5, 5.41) is 12.2. The molecular weight excluding hydrogens is 284 g/mol. The first-order valence-electron chi connectivity index (χ1n) is 6.50. The molecule has 0 spiro atoms. The van der Waals surface area contributed by atoms with Gasteiger partial charge in [0.15, 0.2) is 0 Å². The van der Waals surface area contributed by atoms with Crippen LogP contribution in [0.1, 0.15) is 11.1 Å². The molecule has 5 nitrogen and oxygen atoms in total. The smallest absolute Gasteiger partial charge is 0.225 e. The molecule has 0 amide bonds. The SMILES string of the molecule is COc1ccnc(NCCSCc2ccccc2C#N)n1. The maximum atomic E-state index is 9.02. The van der Waals surface area contributed by atoms with E-state index in [0.717, 1.165) is 29.2 Å². The number of rotatable bonds is 7. The lowest BCUT2D eigenvalue weighted by Gasteiger charge is -2.06. The van der Waals surface area contributed by atoms with E-state index in [0.29, 0.717) is 11.8 Å². The van der Waals surface area contributed by atoms with Crippen molar-refractivity contribution in [2.75, 3.05) is 24.7 Å². The van der Waals surface area contributed by atoms with Crippen molar-refractivity contribution in [3.05, 3.63) is 47.7 Å². The number of nitriles is 1. The van der Waals surface area contributed by atoms with E-state index >= 15 is 0 Å². The van der Waals surface area contributed by atoms with E-state index in [1.807, 2.05) is 24.3 Å². The van der Waals surface area contributed by atoms with Crippen LogP contribution in [0.5, 0.6) is 5.88 Å². The number of ether oxygens (including phenoxy) is 1. The lowest BCUT2D eigenvalue weighted by Crippen LogP contribution is -2.08. The van der Waals surface area contributed by atoms with E-state index in [1.54, 1.807) is 31.1 Å². The molecule has 1 heterocycles. The van der Waals surface area contributed by atoms with Gasteiger partial charge in [0.1, 0.15) is 0 Å². The van der Waals surface area contributed by atoms with Gasteiger partial charge >= 0.3 is 0 Å². The van der Waals surface area contributed by atoms with Crippen LogP contribution in [0.3, 0.4) is 0 Å². The zero-order valence-corrected chi connectivity index (χ0v) is 12.6. The Morgan fingerprint density at radius 1 is 1.33 bits per heavy atom. The molecule has 0 aliphatic carbocycles. The molecule has 0 atom stereocenters. The Balaban J connectivity index is 1.74. The number of benzene rings is 1. The van der Waals surface area contributed by atoms with E-state index in [1.165, 1.54) is 0 Å². The van der Waals surface area contributed by atoms with E-state index in [4.69, 9.17) is 10.00 Å². The average molecular weight is 300 g/mol. The first-order valence-corrected chi connectivity index (χ1v) is 7.65. The zero-order valence-electron chi connectivity index (χ0n) is 11.7. The summed E-state index contributed by atoms with van der Waals surface area (Å²) in [5.74, 6) is 2.83. The molecule has 0 fully saturated rings. The van der Waals surface area contributed by atoms with Gasteiger partial charge in [-0.15, -0.1) is 0 Å². The molecule has 0 unspecified atom stereocenters. The van der Waals surface area contributed by atoms with Crippen LogP contribution in [0.15, 0.2) is 36.5 Å². The fourth-order valence-corrected chi connectivity index (χ4v) is 2.58. The van der Waals surface area contributed by atoms with Crippen LogP contribution in [0.4, 0.5) is 5.95 Å². The Morgan fingerprint density at radius 3 is 3.00 bits per heavy atom. The number of nitrogens with one attached hydrogen (secondary N) is 1. The molecule has 21 heavy (non-hydrogen) atoms. The maximum absolute atomic E-state index is 9.02. The van der Waals surface area contributed by atoms with Gasteiger partial charge in [0, 0.05) is 30.3 Å². The highest BCUT2D eigenvalue weighted by molar-refractivity contribution is 7.98. The number of hydrogen-bond donors (Lipinski definition) is 1. The van der Waals surface area contributed by atoms with Crippen LogP contribution in [0.25, 0.3) is 0 Å². The Kier molecular flexibility index (Phi) is 5.85. The summed E-state index contributed by atoms with van der Waals surface area (Å²) in [6.07, 6.45) is 1.66. The van der Waals surface area contributed by atoms with Gasteiger partial charge in [-0.3, -0.25) is 0 Å². The molecule has 2 aromatic rings. The van der Waals surface area contributed by atoms with Gasteiger partial charge in [0.05, 0.1) is 18.7 Å². The molecule has 1 N–H and O–H groups in total. The van der Waals surface area contributed by atoms with E-state index < -0.39 is 0 Å². The number of methoxy groups -OCH3 is 1. The van der Waals surface area contributed by atoms with Gasteiger partial charge in [-0.05, 0) is 11.6 Å². The van der Waals surface area contributed by atoms with Crippen LogP contribution in [0, 0.1) is 11.3 Å². The number of thioether (sulfide) groups is 1. The van der Waals surface area contributed by atoms with Gasteiger partial charge in [-0.2, -0.15) is 22.0 Å². The second kappa shape index (κ2) is 8.12. The summed E-state index contributed by atoms with van der Waals surface area (Å²) in [6.45, 7) is 0.757. The monoisotopic (exact) mass is 300 g/mol. The molecule has 6 heteroatoms. The fraction of sp³-hybridized carbons (Fsp3) is 0.267. The third-order valence-electron chi connectivity index (χ3n) is 2.76. The van der Waals surface area contributed by atoms with Crippen molar-refractivity contribution in [2.45, 2.75) is 5.75 Å². The second-order valence-electron chi connectivity index (χ2n) is 4.17. The molecule has 0 aliphatic heterocycles. The van der Waals surface area contributed by atoms with Crippen molar-refractivity contribution in [2.24, 2.45) is 0 Å². The van der Waals surface area contributed by atoms with Crippen molar-refractivity contribution in [3.63, 3.8) is 0 Å². The first kappa shape index (κ1) is 15.1. The number of nitrogens with zero attached hydrogens (tertiary/aromatic N) is 3. The third-order valence-corrected chi connectivity index (χ3v) is 3.77. The van der Waals surface area contributed by atoms with Gasteiger partial charge in [-0.1, -0.05) is 18.2 Å². The minimum absolute atomic E-state index is 0.545. The molecule has 1 aromatic carbocycles. The lowest BCUT2D eigenvalue weighted by molar-refractivity contribution is 0.397. The molecule has 0 bridgehead atoms. The standard InChI is InChI=1S/C15H16N4OS/c1-20-14-6-7-17-15(19-14)18-8-9-21-11-13-5-3-2-4-12(13)10-16/h2-7H,8-9,11H2,1H3,(H,17,18,19). The Hall–Kier alpha value is -2.26. The van der Waals surface area contributed by atoms with Crippen LogP contribution < -0.4 is 10.1 Å². The van der Waals surface area contributed by atoms with Crippen LogP contribution >= 0.6 is 11.8 Å². The summed E-state index contributed by atoms with van der Waals surface area (Å²) in [6, 6.07) is 11.6. The summed E-state index contributed by atoms with van der Waals surface area (Å²) in [4.78, 5) is 8.29. The molecule has 108 valence electrons. The summed E-state index contributed by atoms with van der Waals surface area (Å²) >= 11 is 1.76. The summed E-state index contributed by atoms with van der Waals surface area (Å²) in [5.41, 5.74) is 1.82. The van der Waals surface area contributed by atoms with Crippen molar-refractivity contribution in [1.82, 2.24) is 9.97 Å².